The number of aryl methyl sites for hydroxylation is 2. The summed E-state index contributed by atoms with van der Waals surface area (Å²) < 4.78 is 1.97. The molecule has 0 spiro atoms. The van der Waals surface area contributed by atoms with E-state index in [-0.39, 0.29) is 6.61 Å². The van der Waals surface area contributed by atoms with E-state index in [1.54, 1.807) is 18.9 Å². The summed E-state index contributed by atoms with van der Waals surface area (Å²) in [5.41, 5.74) is 8.29. The molecule has 0 saturated carbocycles. The fourth-order valence-corrected chi connectivity index (χ4v) is 3.85. The zero-order valence-corrected chi connectivity index (χ0v) is 21.4. The largest absolute Gasteiger partial charge is 0.395 e. The second kappa shape index (κ2) is 12.0. The maximum atomic E-state index is 9.06. The maximum Gasteiger partial charge on any atom is 0.107 e. The van der Waals surface area contributed by atoms with Crippen molar-refractivity contribution in [2.75, 3.05) is 6.61 Å². The van der Waals surface area contributed by atoms with Gasteiger partial charge in [0.25, 0.3) is 0 Å². The average Bonchev–Trinajstić information content (AvgIpc) is 3.55. The van der Waals surface area contributed by atoms with E-state index < -0.39 is 0 Å². The Morgan fingerprint density at radius 1 is 0.771 bits per heavy atom. The summed E-state index contributed by atoms with van der Waals surface area (Å²) in [6.07, 6.45) is 7.05. The summed E-state index contributed by atoms with van der Waals surface area (Å²) in [6.45, 7) is 12.8. The number of aliphatic hydroxyl groups is 1. The van der Waals surface area contributed by atoms with Crippen LogP contribution >= 0.6 is 0 Å². The SMILES string of the molecule is CC.CC.Cc1ccc2ncc3[nH]cnc3c2c1.Cc1ccc2ncc3ncn(CCO)c3c2c1. The molecule has 7 nitrogen and oxygen atoms in total. The molecule has 0 saturated heterocycles. The first-order valence-electron chi connectivity index (χ1n) is 12.1. The van der Waals surface area contributed by atoms with Crippen LogP contribution in [0.15, 0.2) is 61.4 Å². The van der Waals surface area contributed by atoms with Gasteiger partial charge in [-0.1, -0.05) is 51.0 Å². The maximum absolute atomic E-state index is 9.06. The number of nitrogens with zero attached hydrogens (tertiary/aromatic N) is 5. The van der Waals surface area contributed by atoms with Gasteiger partial charge in [0.1, 0.15) is 5.52 Å². The van der Waals surface area contributed by atoms with Crippen LogP contribution in [0.4, 0.5) is 0 Å². The highest BCUT2D eigenvalue weighted by Crippen LogP contribution is 2.24. The van der Waals surface area contributed by atoms with E-state index >= 15 is 0 Å². The molecule has 0 amide bonds. The zero-order chi connectivity index (χ0) is 25.4. The number of benzene rings is 2. The van der Waals surface area contributed by atoms with Crippen molar-refractivity contribution in [3.8, 4) is 0 Å². The van der Waals surface area contributed by atoms with Gasteiger partial charge in [0, 0.05) is 17.3 Å². The Hall–Kier alpha value is -3.84. The second-order valence-corrected chi connectivity index (χ2v) is 7.62. The highest BCUT2D eigenvalue weighted by Gasteiger charge is 2.08. The molecule has 182 valence electrons. The lowest BCUT2D eigenvalue weighted by Crippen LogP contribution is -2.00. The van der Waals surface area contributed by atoms with Crippen LogP contribution in [0.1, 0.15) is 38.8 Å². The Labute approximate surface area is 205 Å². The number of aliphatic hydroxyl groups excluding tert-OH is 1. The molecule has 0 radical (unpaired) electrons. The summed E-state index contributed by atoms with van der Waals surface area (Å²) in [6, 6.07) is 12.4. The fraction of sp³-hybridized carbons (Fsp3) is 0.286. The molecule has 0 fully saturated rings. The minimum absolute atomic E-state index is 0.112. The van der Waals surface area contributed by atoms with Crippen LogP contribution in [0.5, 0.6) is 0 Å². The monoisotopic (exact) mass is 470 g/mol. The molecule has 2 N–H and O–H groups in total. The van der Waals surface area contributed by atoms with Gasteiger partial charge in [-0.3, -0.25) is 9.97 Å². The molecule has 35 heavy (non-hydrogen) atoms. The smallest absolute Gasteiger partial charge is 0.107 e. The highest BCUT2D eigenvalue weighted by molar-refractivity contribution is 6.02. The molecule has 4 heterocycles. The van der Waals surface area contributed by atoms with Crippen LogP contribution < -0.4 is 0 Å². The second-order valence-electron chi connectivity index (χ2n) is 7.62. The Kier molecular flexibility index (Phi) is 8.86. The van der Waals surface area contributed by atoms with E-state index in [9.17, 15) is 0 Å². The summed E-state index contributed by atoms with van der Waals surface area (Å²) >= 11 is 0. The quantitative estimate of drug-likeness (QED) is 0.307. The molecule has 0 aliphatic rings. The van der Waals surface area contributed by atoms with E-state index in [1.165, 1.54) is 11.1 Å². The molecule has 6 aromatic rings. The van der Waals surface area contributed by atoms with Crippen LogP contribution in [0.2, 0.25) is 0 Å². The number of pyridine rings is 2. The van der Waals surface area contributed by atoms with Gasteiger partial charge in [0.15, 0.2) is 0 Å². The van der Waals surface area contributed by atoms with Crippen molar-refractivity contribution in [3.05, 3.63) is 72.6 Å². The summed E-state index contributed by atoms with van der Waals surface area (Å²) in [7, 11) is 0. The Morgan fingerprint density at radius 3 is 2.09 bits per heavy atom. The molecular weight excluding hydrogens is 436 g/mol. The average molecular weight is 471 g/mol. The number of fused-ring (bicyclic) bond motifs is 6. The molecule has 0 aliphatic carbocycles. The number of rotatable bonds is 2. The molecule has 0 unspecified atom stereocenters. The van der Waals surface area contributed by atoms with Crippen molar-refractivity contribution in [1.29, 1.82) is 0 Å². The zero-order valence-electron chi connectivity index (χ0n) is 21.4. The minimum Gasteiger partial charge on any atom is -0.395 e. The molecule has 2 aromatic carbocycles. The van der Waals surface area contributed by atoms with Crippen molar-refractivity contribution in [1.82, 2.24) is 29.5 Å². The molecular formula is C28H34N6O. The lowest BCUT2D eigenvalue weighted by atomic mass is 10.1. The van der Waals surface area contributed by atoms with E-state index in [4.69, 9.17) is 5.11 Å². The van der Waals surface area contributed by atoms with E-state index in [1.807, 2.05) is 56.7 Å². The highest BCUT2D eigenvalue weighted by atomic mass is 16.3. The van der Waals surface area contributed by atoms with Crippen molar-refractivity contribution < 1.29 is 5.11 Å². The van der Waals surface area contributed by atoms with Crippen LogP contribution in [0.25, 0.3) is 43.9 Å². The molecule has 7 heteroatoms. The lowest BCUT2D eigenvalue weighted by molar-refractivity contribution is 0.278. The van der Waals surface area contributed by atoms with Gasteiger partial charge >= 0.3 is 0 Å². The van der Waals surface area contributed by atoms with Crippen LogP contribution in [-0.2, 0) is 6.54 Å². The summed E-state index contributed by atoms with van der Waals surface area (Å²) in [5, 5.41) is 11.3. The third kappa shape index (κ3) is 5.46. The van der Waals surface area contributed by atoms with Crippen molar-refractivity contribution in [2.24, 2.45) is 0 Å². The van der Waals surface area contributed by atoms with E-state index in [0.29, 0.717) is 6.54 Å². The van der Waals surface area contributed by atoms with Gasteiger partial charge in [-0.2, -0.15) is 0 Å². The number of aromatic amines is 1. The van der Waals surface area contributed by atoms with Crippen molar-refractivity contribution in [2.45, 2.75) is 48.1 Å². The van der Waals surface area contributed by atoms with Crippen LogP contribution in [-0.4, -0.2) is 41.2 Å². The van der Waals surface area contributed by atoms with E-state index in [0.717, 1.165) is 43.9 Å². The molecule has 0 bridgehead atoms. The van der Waals surface area contributed by atoms with Crippen LogP contribution in [0.3, 0.4) is 0 Å². The van der Waals surface area contributed by atoms with Crippen molar-refractivity contribution >= 4 is 43.9 Å². The normalized spacial score (nSPS) is 10.4. The standard InChI is InChI=1S/C13H13N3O.C11H9N3.2C2H6/c1-9-2-3-11-10(6-9)13-12(7-14-11)15-8-16(13)4-5-17;1-7-2-3-9-8(4-7)11-10(5-12-9)13-6-14-11;2*1-2/h2-3,6-8,17H,4-5H2,1H3;2-6H,1H3,(H,13,14);2*1-2H3. The summed E-state index contributed by atoms with van der Waals surface area (Å²) in [4.78, 5) is 20.4. The van der Waals surface area contributed by atoms with Gasteiger partial charge in [0.2, 0.25) is 0 Å². The fourth-order valence-electron chi connectivity index (χ4n) is 3.85. The first kappa shape index (κ1) is 25.8. The topological polar surface area (TPSA) is 92.5 Å². The van der Waals surface area contributed by atoms with Gasteiger partial charge in [0.05, 0.1) is 59.2 Å². The van der Waals surface area contributed by atoms with Crippen LogP contribution in [0, 0.1) is 13.8 Å². The Morgan fingerprint density at radius 2 is 1.40 bits per heavy atom. The number of H-pyrrole nitrogens is 1. The minimum atomic E-state index is 0.112. The molecule has 0 aliphatic heterocycles. The third-order valence-corrected chi connectivity index (χ3v) is 5.35. The summed E-state index contributed by atoms with van der Waals surface area (Å²) in [5.74, 6) is 0. The van der Waals surface area contributed by atoms with Gasteiger partial charge in [-0.25, -0.2) is 9.97 Å². The number of hydrogen-bond acceptors (Lipinski definition) is 5. The lowest BCUT2D eigenvalue weighted by Gasteiger charge is -2.05. The molecule has 4 aromatic heterocycles. The first-order chi connectivity index (χ1) is 17.1. The number of hydrogen-bond donors (Lipinski definition) is 2. The van der Waals surface area contributed by atoms with E-state index in [2.05, 4.69) is 57.0 Å². The molecule has 6 rings (SSSR count). The molecule has 0 atom stereocenters. The Balaban J connectivity index is 0.000000174. The van der Waals surface area contributed by atoms with Gasteiger partial charge < -0.3 is 14.7 Å². The van der Waals surface area contributed by atoms with Crippen molar-refractivity contribution in [3.63, 3.8) is 0 Å². The predicted octanol–water partition coefficient (Wildman–Crippen LogP) is 6.36. The van der Waals surface area contributed by atoms with Gasteiger partial charge in [-0.05, 0) is 38.1 Å². The van der Waals surface area contributed by atoms with Gasteiger partial charge in [-0.15, -0.1) is 0 Å². The number of imidazole rings is 2. The first-order valence-corrected chi connectivity index (χ1v) is 12.1. The third-order valence-electron chi connectivity index (χ3n) is 5.35. The predicted molar refractivity (Wildman–Crippen MR) is 146 cm³/mol. The Bertz CT molecular complexity index is 1530. The number of aromatic nitrogens is 6. The number of nitrogens with one attached hydrogen (secondary N) is 1.